The van der Waals surface area contributed by atoms with Crippen molar-refractivity contribution < 1.29 is 0 Å². The van der Waals surface area contributed by atoms with Crippen LogP contribution in [0.4, 0.5) is 0 Å². The number of nitrogens with zero attached hydrogens (tertiary/aromatic N) is 2. The molecular formula is C17H27N3. The van der Waals surface area contributed by atoms with Crippen LogP contribution in [-0.4, -0.2) is 35.6 Å². The second-order valence-electron chi connectivity index (χ2n) is 6.04. The lowest BCUT2D eigenvalue weighted by molar-refractivity contribution is 0.214. The average molecular weight is 273 g/mol. The lowest BCUT2D eigenvalue weighted by atomic mass is 10.0. The standard InChI is InChI=1S/C17H27N3/c1-14(2)5-9-20-10-6-17(7-11-20)19-13-16-12-18-8-4-15(16)3/h4-5,8,12,17,19H,6-7,9-11,13H2,1-3H3. The van der Waals surface area contributed by atoms with Gasteiger partial charge >= 0.3 is 0 Å². The molecule has 1 N–H and O–H groups in total. The van der Waals surface area contributed by atoms with Gasteiger partial charge in [-0.1, -0.05) is 11.6 Å². The summed E-state index contributed by atoms with van der Waals surface area (Å²) in [7, 11) is 0. The van der Waals surface area contributed by atoms with Crippen LogP contribution in [0, 0.1) is 6.92 Å². The fourth-order valence-corrected chi connectivity index (χ4v) is 2.57. The molecule has 0 unspecified atom stereocenters. The SMILES string of the molecule is CC(C)=CCN1CCC(NCc2cnccc2C)CC1. The van der Waals surface area contributed by atoms with Gasteiger partial charge in [0.25, 0.3) is 0 Å². The second kappa shape index (κ2) is 7.55. The van der Waals surface area contributed by atoms with E-state index in [1.54, 1.807) is 0 Å². The first-order valence-electron chi connectivity index (χ1n) is 7.63. The predicted octanol–water partition coefficient (Wildman–Crippen LogP) is 2.91. The quantitative estimate of drug-likeness (QED) is 0.836. The smallest absolute Gasteiger partial charge is 0.0315 e. The summed E-state index contributed by atoms with van der Waals surface area (Å²) >= 11 is 0. The van der Waals surface area contributed by atoms with Gasteiger partial charge in [0, 0.05) is 31.5 Å². The van der Waals surface area contributed by atoms with Crippen molar-refractivity contribution in [3.8, 4) is 0 Å². The topological polar surface area (TPSA) is 28.2 Å². The molecule has 0 saturated carbocycles. The van der Waals surface area contributed by atoms with Gasteiger partial charge in [0.1, 0.15) is 0 Å². The van der Waals surface area contributed by atoms with Crippen molar-refractivity contribution in [2.24, 2.45) is 0 Å². The Bertz CT molecular complexity index is 441. The number of hydrogen-bond donors (Lipinski definition) is 1. The van der Waals surface area contributed by atoms with Crippen LogP contribution in [-0.2, 0) is 6.54 Å². The van der Waals surface area contributed by atoms with Crippen LogP contribution in [0.15, 0.2) is 30.1 Å². The molecule has 3 heteroatoms. The van der Waals surface area contributed by atoms with Gasteiger partial charge in [0.05, 0.1) is 0 Å². The van der Waals surface area contributed by atoms with E-state index in [0.29, 0.717) is 6.04 Å². The third-order valence-corrected chi connectivity index (χ3v) is 4.07. The maximum atomic E-state index is 4.21. The number of rotatable bonds is 5. The Morgan fingerprint density at radius 3 is 2.80 bits per heavy atom. The molecule has 2 heterocycles. The normalized spacial score (nSPS) is 17.1. The van der Waals surface area contributed by atoms with E-state index in [4.69, 9.17) is 0 Å². The van der Waals surface area contributed by atoms with E-state index < -0.39 is 0 Å². The second-order valence-corrected chi connectivity index (χ2v) is 6.04. The molecule has 3 nitrogen and oxygen atoms in total. The molecule has 2 rings (SSSR count). The lowest BCUT2D eigenvalue weighted by Gasteiger charge is -2.32. The number of aromatic nitrogens is 1. The Balaban J connectivity index is 1.72. The zero-order valence-corrected chi connectivity index (χ0v) is 13.0. The van der Waals surface area contributed by atoms with E-state index in [9.17, 15) is 0 Å². The third-order valence-electron chi connectivity index (χ3n) is 4.07. The summed E-state index contributed by atoms with van der Waals surface area (Å²) in [5, 5.41) is 3.68. The summed E-state index contributed by atoms with van der Waals surface area (Å²) in [6, 6.07) is 2.73. The van der Waals surface area contributed by atoms with Crippen molar-refractivity contribution in [2.75, 3.05) is 19.6 Å². The molecule has 1 aliphatic rings. The van der Waals surface area contributed by atoms with Gasteiger partial charge in [0.2, 0.25) is 0 Å². The number of allylic oxidation sites excluding steroid dienone is 1. The van der Waals surface area contributed by atoms with E-state index in [-0.39, 0.29) is 0 Å². The molecule has 110 valence electrons. The third kappa shape index (κ3) is 4.73. The van der Waals surface area contributed by atoms with E-state index in [1.165, 1.54) is 42.6 Å². The Hall–Kier alpha value is -1.19. The minimum atomic E-state index is 0.651. The van der Waals surface area contributed by atoms with E-state index >= 15 is 0 Å². The van der Waals surface area contributed by atoms with Crippen molar-refractivity contribution in [3.63, 3.8) is 0 Å². The van der Waals surface area contributed by atoms with Crippen LogP contribution >= 0.6 is 0 Å². The summed E-state index contributed by atoms with van der Waals surface area (Å²) in [5.41, 5.74) is 4.06. The molecule has 0 amide bonds. The van der Waals surface area contributed by atoms with Crippen molar-refractivity contribution >= 4 is 0 Å². The minimum Gasteiger partial charge on any atom is -0.310 e. The van der Waals surface area contributed by atoms with E-state index in [0.717, 1.165) is 13.1 Å². The van der Waals surface area contributed by atoms with Crippen LogP contribution in [0.2, 0.25) is 0 Å². The fraction of sp³-hybridized carbons (Fsp3) is 0.588. The Kier molecular flexibility index (Phi) is 5.74. The number of likely N-dealkylation sites (tertiary alicyclic amines) is 1. The monoisotopic (exact) mass is 273 g/mol. The van der Waals surface area contributed by atoms with Gasteiger partial charge < -0.3 is 5.32 Å². The minimum absolute atomic E-state index is 0.651. The molecule has 20 heavy (non-hydrogen) atoms. The number of pyridine rings is 1. The van der Waals surface area contributed by atoms with Crippen molar-refractivity contribution in [1.29, 1.82) is 0 Å². The van der Waals surface area contributed by atoms with Gasteiger partial charge in [-0.25, -0.2) is 0 Å². The molecular weight excluding hydrogens is 246 g/mol. The largest absolute Gasteiger partial charge is 0.310 e. The molecule has 0 aromatic carbocycles. The summed E-state index contributed by atoms with van der Waals surface area (Å²) < 4.78 is 0. The summed E-state index contributed by atoms with van der Waals surface area (Å²) in [6.07, 6.45) is 8.66. The summed E-state index contributed by atoms with van der Waals surface area (Å²) in [6.45, 7) is 11.0. The molecule has 1 saturated heterocycles. The number of nitrogens with one attached hydrogen (secondary N) is 1. The molecule has 0 aliphatic carbocycles. The first-order valence-corrected chi connectivity index (χ1v) is 7.63. The maximum absolute atomic E-state index is 4.21. The number of hydrogen-bond acceptors (Lipinski definition) is 3. The molecule has 0 radical (unpaired) electrons. The molecule has 1 aromatic heterocycles. The Morgan fingerprint density at radius 1 is 1.40 bits per heavy atom. The van der Waals surface area contributed by atoms with E-state index in [1.807, 2.05) is 12.4 Å². The highest BCUT2D eigenvalue weighted by molar-refractivity contribution is 5.21. The van der Waals surface area contributed by atoms with Crippen molar-refractivity contribution in [2.45, 2.75) is 46.2 Å². The number of aryl methyl sites for hydroxylation is 1. The first kappa shape index (κ1) is 15.2. The molecule has 0 spiro atoms. The fourth-order valence-electron chi connectivity index (χ4n) is 2.57. The zero-order chi connectivity index (χ0) is 14.4. The predicted molar refractivity (Wildman–Crippen MR) is 84.7 cm³/mol. The molecule has 1 aromatic rings. The number of piperidine rings is 1. The van der Waals surface area contributed by atoms with E-state index in [2.05, 4.69) is 48.1 Å². The van der Waals surface area contributed by atoms with Gasteiger partial charge in [-0.15, -0.1) is 0 Å². The Labute approximate surface area is 123 Å². The highest BCUT2D eigenvalue weighted by atomic mass is 15.1. The zero-order valence-electron chi connectivity index (χ0n) is 13.0. The molecule has 1 aliphatic heterocycles. The lowest BCUT2D eigenvalue weighted by Crippen LogP contribution is -2.42. The van der Waals surface area contributed by atoms with Crippen LogP contribution in [0.25, 0.3) is 0 Å². The van der Waals surface area contributed by atoms with Gasteiger partial charge in [-0.3, -0.25) is 9.88 Å². The summed E-state index contributed by atoms with van der Waals surface area (Å²) in [4.78, 5) is 6.75. The van der Waals surface area contributed by atoms with Crippen LogP contribution in [0.3, 0.4) is 0 Å². The van der Waals surface area contributed by atoms with Gasteiger partial charge in [0.15, 0.2) is 0 Å². The van der Waals surface area contributed by atoms with Crippen molar-refractivity contribution in [3.05, 3.63) is 41.2 Å². The van der Waals surface area contributed by atoms with Crippen LogP contribution in [0.1, 0.15) is 37.8 Å². The highest BCUT2D eigenvalue weighted by Crippen LogP contribution is 2.12. The average Bonchev–Trinajstić information content (AvgIpc) is 2.45. The van der Waals surface area contributed by atoms with Gasteiger partial charge in [-0.05, 0) is 63.9 Å². The maximum Gasteiger partial charge on any atom is 0.0315 e. The van der Waals surface area contributed by atoms with Gasteiger partial charge in [-0.2, -0.15) is 0 Å². The van der Waals surface area contributed by atoms with Crippen molar-refractivity contribution in [1.82, 2.24) is 15.2 Å². The molecule has 0 bridgehead atoms. The first-order chi connectivity index (χ1) is 9.65. The highest BCUT2D eigenvalue weighted by Gasteiger charge is 2.17. The van der Waals surface area contributed by atoms with Crippen LogP contribution in [0.5, 0.6) is 0 Å². The molecule has 0 atom stereocenters. The van der Waals surface area contributed by atoms with Crippen LogP contribution < -0.4 is 5.32 Å². The molecule has 1 fully saturated rings. The summed E-state index contributed by atoms with van der Waals surface area (Å²) in [5.74, 6) is 0. The Morgan fingerprint density at radius 2 is 2.15 bits per heavy atom.